The molecule has 0 saturated carbocycles. The van der Waals surface area contributed by atoms with Crippen LogP contribution in [0, 0.1) is 10.1 Å². The first-order chi connectivity index (χ1) is 12.1. The molecule has 0 aliphatic carbocycles. The van der Waals surface area contributed by atoms with E-state index in [2.05, 4.69) is 17.5 Å². The maximum atomic E-state index is 11.7. The Balaban J connectivity index is 1.83. The van der Waals surface area contributed by atoms with E-state index in [1.54, 1.807) is 0 Å². The van der Waals surface area contributed by atoms with Crippen molar-refractivity contribution >= 4 is 17.8 Å². The molecule has 0 bridgehead atoms. The number of hydrazone groups is 1. The summed E-state index contributed by atoms with van der Waals surface area (Å²) in [7, 11) is 0. The number of benzene rings is 1. The quantitative estimate of drug-likeness (QED) is 0.301. The summed E-state index contributed by atoms with van der Waals surface area (Å²) >= 11 is 0. The third-order valence-electron chi connectivity index (χ3n) is 3.87. The summed E-state index contributed by atoms with van der Waals surface area (Å²) in [4.78, 5) is 22.3. The first-order valence-electron chi connectivity index (χ1n) is 8.51. The van der Waals surface area contributed by atoms with E-state index in [0.29, 0.717) is 17.9 Å². The van der Waals surface area contributed by atoms with E-state index >= 15 is 0 Å². The molecule has 1 N–H and O–H groups in total. The fourth-order valence-electron chi connectivity index (χ4n) is 2.50. The predicted octanol–water partition coefficient (Wildman–Crippen LogP) is 3.52. The van der Waals surface area contributed by atoms with Crippen molar-refractivity contribution in [3.05, 3.63) is 27.8 Å². The largest absolute Gasteiger partial charge is 0.454 e. The Bertz CT molecular complexity index is 645. The van der Waals surface area contributed by atoms with Crippen LogP contribution in [-0.2, 0) is 4.79 Å². The van der Waals surface area contributed by atoms with Crippen molar-refractivity contribution in [3.63, 3.8) is 0 Å². The number of ether oxygens (including phenoxy) is 2. The van der Waals surface area contributed by atoms with E-state index in [4.69, 9.17) is 9.47 Å². The Labute approximate surface area is 146 Å². The molecule has 2 rings (SSSR count). The molecule has 1 aromatic rings. The summed E-state index contributed by atoms with van der Waals surface area (Å²) in [6.45, 7) is 2.19. The van der Waals surface area contributed by atoms with Crippen LogP contribution in [0.4, 0.5) is 5.69 Å². The van der Waals surface area contributed by atoms with Crippen molar-refractivity contribution in [1.82, 2.24) is 5.43 Å². The summed E-state index contributed by atoms with van der Waals surface area (Å²) in [6, 6.07) is 2.77. The van der Waals surface area contributed by atoms with Gasteiger partial charge in [-0.25, -0.2) is 5.43 Å². The molecular weight excluding hydrogens is 326 g/mol. The van der Waals surface area contributed by atoms with Crippen LogP contribution in [0.3, 0.4) is 0 Å². The molecular formula is C17H23N3O5. The van der Waals surface area contributed by atoms with Crippen molar-refractivity contribution in [1.29, 1.82) is 0 Å². The van der Waals surface area contributed by atoms with Gasteiger partial charge in [0.2, 0.25) is 12.7 Å². The summed E-state index contributed by atoms with van der Waals surface area (Å²) in [5.74, 6) is 0.552. The maximum absolute atomic E-state index is 11.7. The number of nitrogens with zero attached hydrogens (tertiary/aromatic N) is 2. The number of carbonyl (C=O) groups excluding carboxylic acids is 1. The summed E-state index contributed by atoms with van der Waals surface area (Å²) in [6.07, 6.45) is 8.23. The SMILES string of the molecule is CCCCCCCCC(=O)N/N=C\c1cc2c(cc1[N+](=O)[O-])OCO2. The Morgan fingerprint density at radius 3 is 2.64 bits per heavy atom. The molecule has 8 heteroatoms. The molecule has 136 valence electrons. The number of nitro benzene ring substituents is 1. The fraction of sp³-hybridized carbons (Fsp3) is 0.529. The molecule has 0 saturated heterocycles. The highest BCUT2D eigenvalue weighted by Gasteiger charge is 2.22. The van der Waals surface area contributed by atoms with Crippen molar-refractivity contribution < 1.29 is 19.2 Å². The molecule has 8 nitrogen and oxygen atoms in total. The molecule has 1 aromatic carbocycles. The number of amides is 1. The number of unbranched alkanes of at least 4 members (excludes halogenated alkanes) is 5. The summed E-state index contributed by atoms with van der Waals surface area (Å²) < 4.78 is 10.3. The van der Waals surface area contributed by atoms with Gasteiger partial charge in [0.15, 0.2) is 11.5 Å². The van der Waals surface area contributed by atoms with Crippen molar-refractivity contribution in [2.75, 3.05) is 6.79 Å². The lowest BCUT2D eigenvalue weighted by molar-refractivity contribution is -0.385. The van der Waals surface area contributed by atoms with Gasteiger partial charge in [-0.1, -0.05) is 39.0 Å². The zero-order valence-corrected chi connectivity index (χ0v) is 14.3. The number of rotatable bonds is 10. The third kappa shape index (κ3) is 5.74. The number of fused-ring (bicyclic) bond motifs is 1. The van der Waals surface area contributed by atoms with Crippen LogP contribution in [0.25, 0.3) is 0 Å². The van der Waals surface area contributed by atoms with Crippen LogP contribution < -0.4 is 14.9 Å². The third-order valence-corrected chi connectivity index (χ3v) is 3.87. The fourth-order valence-corrected chi connectivity index (χ4v) is 2.50. The van der Waals surface area contributed by atoms with E-state index in [1.165, 1.54) is 37.6 Å². The molecule has 0 aromatic heterocycles. The highest BCUT2D eigenvalue weighted by molar-refractivity contribution is 5.88. The number of nitro groups is 1. The first-order valence-corrected chi connectivity index (χ1v) is 8.51. The van der Waals surface area contributed by atoms with Gasteiger partial charge in [0.25, 0.3) is 5.69 Å². The van der Waals surface area contributed by atoms with E-state index in [1.807, 2.05) is 0 Å². The van der Waals surface area contributed by atoms with Crippen molar-refractivity contribution in [2.24, 2.45) is 5.10 Å². The second-order valence-corrected chi connectivity index (χ2v) is 5.83. The topological polar surface area (TPSA) is 103 Å². The number of hydrogen-bond donors (Lipinski definition) is 1. The van der Waals surface area contributed by atoms with Gasteiger partial charge in [0.1, 0.15) is 0 Å². The van der Waals surface area contributed by atoms with E-state index in [-0.39, 0.29) is 24.0 Å². The molecule has 0 atom stereocenters. The molecule has 1 aliphatic rings. The van der Waals surface area contributed by atoms with Crippen LogP contribution in [0.1, 0.15) is 57.4 Å². The van der Waals surface area contributed by atoms with Gasteiger partial charge < -0.3 is 9.47 Å². The minimum atomic E-state index is -0.526. The number of carbonyl (C=O) groups is 1. The highest BCUT2D eigenvalue weighted by Crippen LogP contribution is 2.37. The molecule has 0 unspecified atom stereocenters. The van der Waals surface area contributed by atoms with Crippen LogP contribution in [0.15, 0.2) is 17.2 Å². The van der Waals surface area contributed by atoms with Gasteiger partial charge in [-0.05, 0) is 12.5 Å². The molecule has 0 fully saturated rings. The molecule has 0 spiro atoms. The summed E-state index contributed by atoms with van der Waals surface area (Å²) in [5.41, 5.74) is 2.49. The molecule has 1 aliphatic heterocycles. The average molecular weight is 349 g/mol. The molecule has 25 heavy (non-hydrogen) atoms. The lowest BCUT2D eigenvalue weighted by Crippen LogP contribution is -2.17. The van der Waals surface area contributed by atoms with Gasteiger partial charge in [-0.15, -0.1) is 0 Å². The average Bonchev–Trinajstić information content (AvgIpc) is 3.04. The molecule has 1 heterocycles. The molecule has 0 radical (unpaired) electrons. The highest BCUT2D eigenvalue weighted by atomic mass is 16.7. The lowest BCUT2D eigenvalue weighted by Gasteiger charge is -2.02. The van der Waals surface area contributed by atoms with Crippen LogP contribution in [-0.4, -0.2) is 23.8 Å². The number of hydrogen-bond acceptors (Lipinski definition) is 6. The Kier molecular flexibility index (Phi) is 7.18. The van der Waals surface area contributed by atoms with Crippen LogP contribution >= 0.6 is 0 Å². The van der Waals surface area contributed by atoms with Gasteiger partial charge in [-0.3, -0.25) is 14.9 Å². The van der Waals surface area contributed by atoms with Crippen molar-refractivity contribution in [2.45, 2.75) is 51.9 Å². The monoisotopic (exact) mass is 349 g/mol. The van der Waals surface area contributed by atoms with E-state index in [9.17, 15) is 14.9 Å². The van der Waals surface area contributed by atoms with Crippen molar-refractivity contribution in [3.8, 4) is 11.5 Å². The minimum Gasteiger partial charge on any atom is -0.454 e. The number of nitrogens with one attached hydrogen (secondary N) is 1. The Morgan fingerprint density at radius 2 is 1.92 bits per heavy atom. The predicted molar refractivity (Wildman–Crippen MR) is 92.9 cm³/mol. The Hall–Kier alpha value is -2.64. The summed E-state index contributed by atoms with van der Waals surface area (Å²) in [5, 5.41) is 14.9. The van der Waals surface area contributed by atoms with Crippen LogP contribution in [0.2, 0.25) is 0 Å². The molecule has 1 amide bonds. The van der Waals surface area contributed by atoms with E-state index in [0.717, 1.165) is 19.3 Å². The Morgan fingerprint density at radius 1 is 1.24 bits per heavy atom. The normalized spacial score (nSPS) is 12.5. The van der Waals surface area contributed by atoms with Gasteiger partial charge in [0.05, 0.1) is 22.8 Å². The lowest BCUT2D eigenvalue weighted by atomic mass is 10.1. The zero-order valence-electron chi connectivity index (χ0n) is 14.3. The minimum absolute atomic E-state index is 0.0298. The first kappa shape index (κ1) is 18.7. The smallest absolute Gasteiger partial charge is 0.282 e. The maximum Gasteiger partial charge on any atom is 0.282 e. The van der Waals surface area contributed by atoms with Gasteiger partial charge in [-0.2, -0.15) is 5.10 Å². The second-order valence-electron chi connectivity index (χ2n) is 5.83. The van der Waals surface area contributed by atoms with Crippen LogP contribution in [0.5, 0.6) is 11.5 Å². The van der Waals surface area contributed by atoms with Gasteiger partial charge in [0, 0.05) is 6.42 Å². The standard InChI is InChI=1S/C17H23N3O5/c1-2-3-4-5-6-7-8-17(21)19-18-11-13-9-15-16(25-12-24-15)10-14(13)20(22)23/h9-11H,2-8,12H2,1H3,(H,19,21)/b18-11-. The van der Waals surface area contributed by atoms with E-state index < -0.39 is 4.92 Å². The second kappa shape index (κ2) is 9.61. The zero-order chi connectivity index (χ0) is 18.1. The van der Waals surface area contributed by atoms with Gasteiger partial charge >= 0.3 is 0 Å².